The molecule has 0 aliphatic carbocycles. The van der Waals surface area contributed by atoms with Crippen molar-refractivity contribution in [3.05, 3.63) is 42.0 Å². The van der Waals surface area contributed by atoms with Gasteiger partial charge in [0.2, 0.25) is 0 Å². The van der Waals surface area contributed by atoms with Crippen LogP contribution in [0.3, 0.4) is 0 Å². The van der Waals surface area contributed by atoms with Crippen LogP contribution in [0.5, 0.6) is 0 Å². The average Bonchev–Trinajstić information content (AvgIpc) is 2.76. The zero-order chi connectivity index (χ0) is 13.2. The summed E-state index contributed by atoms with van der Waals surface area (Å²) < 4.78 is 5.45. The topological polar surface area (TPSA) is 63.0 Å². The summed E-state index contributed by atoms with van der Waals surface area (Å²) in [4.78, 5) is 14.0. The molecule has 1 aliphatic heterocycles. The van der Waals surface area contributed by atoms with Gasteiger partial charge in [-0.15, -0.1) is 5.56 Å². The summed E-state index contributed by atoms with van der Waals surface area (Å²) in [7, 11) is 0. The minimum Gasteiger partial charge on any atom is -0.693 e. The number of carbonyl (C=O) groups is 1. The molecule has 20 heavy (non-hydrogen) atoms. The van der Waals surface area contributed by atoms with Crippen LogP contribution in [-0.4, -0.2) is 23.1 Å². The molecule has 0 bridgehead atoms. The van der Waals surface area contributed by atoms with Crippen LogP contribution in [0.25, 0.3) is 6.15 Å². The minimum atomic E-state index is -0.436. The first kappa shape index (κ1) is 19.6. The predicted molar refractivity (Wildman–Crippen MR) is 75.5 cm³/mol. The van der Waals surface area contributed by atoms with Crippen LogP contribution < -0.4 is 0 Å². The number of hydrogen-bond acceptors (Lipinski definition) is 2. The summed E-state index contributed by atoms with van der Waals surface area (Å²) in [6, 6.07) is 11.0. The van der Waals surface area contributed by atoms with Crippen LogP contribution in [0.1, 0.15) is 45.2 Å². The maximum atomic E-state index is 12.1. The Balaban J connectivity index is 0.00000180. The van der Waals surface area contributed by atoms with Gasteiger partial charge in [-0.2, -0.15) is 30.3 Å². The van der Waals surface area contributed by atoms with Crippen molar-refractivity contribution in [2.45, 2.75) is 45.3 Å². The van der Waals surface area contributed by atoms with Crippen molar-refractivity contribution < 1.29 is 42.2 Å². The number of rotatable bonds is 1. The van der Waals surface area contributed by atoms with Gasteiger partial charge in [0.15, 0.2) is 0 Å². The van der Waals surface area contributed by atoms with E-state index in [0.29, 0.717) is 0 Å². The van der Waals surface area contributed by atoms with E-state index in [4.69, 9.17) is 4.74 Å². The molecule has 1 heterocycles. The van der Waals surface area contributed by atoms with Gasteiger partial charge in [0.1, 0.15) is 5.60 Å². The van der Waals surface area contributed by atoms with Crippen molar-refractivity contribution in [3.63, 3.8) is 0 Å². The van der Waals surface area contributed by atoms with Crippen molar-refractivity contribution in [1.29, 1.82) is 0 Å². The summed E-state index contributed by atoms with van der Waals surface area (Å²) in [5.41, 5.74) is 0.728. The molecule has 0 aromatic heterocycles. The third-order valence-corrected chi connectivity index (χ3v) is 3.01. The molecule has 0 spiro atoms. The van der Waals surface area contributed by atoms with E-state index < -0.39 is 5.60 Å². The number of amides is 1. The summed E-state index contributed by atoms with van der Waals surface area (Å²) in [5.74, 6) is 0. The number of hydrogen-bond donors (Lipinski definition) is 0. The van der Waals surface area contributed by atoms with Gasteiger partial charge in [-0.25, -0.2) is 4.79 Å². The number of carbonyl (C=O) groups excluding carboxylic acids is 1. The molecule has 0 saturated carbocycles. The maximum absolute atomic E-state index is 12.1. The van der Waals surface area contributed by atoms with Crippen molar-refractivity contribution in [3.8, 4) is 0 Å². The van der Waals surface area contributed by atoms with Crippen LogP contribution in [0.2, 0.25) is 0 Å². The van der Waals surface area contributed by atoms with Crippen molar-refractivity contribution in [2.24, 2.45) is 0 Å². The molecule has 2 N–H and O–H groups in total. The minimum absolute atomic E-state index is 0. The Labute approximate surface area is 146 Å². The molecular formula is C15H22N2O2Y-2. The zero-order valence-corrected chi connectivity index (χ0v) is 15.3. The molecule has 1 aromatic carbocycles. The molecule has 4 nitrogen and oxygen atoms in total. The van der Waals surface area contributed by atoms with Gasteiger partial charge in [-0.3, -0.25) is 0 Å². The van der Waals surface area contributed by atoms with E-state index in [-0.39, 0.29) is 51.0 Å². The molecule has 2 rings (SSSR count). The van der Waals surface area contributed by atoms with E-state index in [1.54, 1.807) is 0 Å². The Kier molecular flexibility index (Phi) is 7.93. The van der Waals surface area contributed by atoms with Crippen LogP contribution in [0.15, 0.2) is 24.3 Å². The Morgan fingerprint density at radius 1 is 1.35 bits per heavy atom. The Morgan fingerprint density at radius 2 is 1.95 bits per heavy atom. The summed E-state index contributed by atoms with van der Waals surface area (Å²) in [6.45, 7) is 6.46. The van der Waals surface area contributed by atoms with Crippen LogP contribution in [0.4, 0.5) is 4.79 Å². The number of nitrogens with two attached hydrogens (primary N) is 1. The first-order valence-electron chi connectivity index (χ1n) is 6.43. The van der Waals surface area contributed by atoms with Gasteiger partial charge in [-0.1, -0.05) is 0 Å². The second kappa shape index (κ2) is 8.11. The molecule has 1 unspecified atom stereocenters. The van der Waals surface area contributed by atoms with E-state index in [1.165, 1.54) is 0 Å². The SMILES string of the molecule is CC(C)(C)OC(=O)N1CCCC1c1cc[c-]cc1.[NH2-].[Y]. The van der Waals surface area contributed by atoms with E-state index in [2.05, 4.69) is 6.07 Å². The Hall–Kier alpha value is -0.446. The van der Waals surface area contributed by atoms with Gasteiger partial charge >= 0.3 is 6.09 Å². The normalized spacial score (nSPS) is 17.9. The molecule has 5 heteroatoms. The number of ether oxygens (including phenoxy) is 1. The Morgan fingerprint density at radius 3 is 2.50 bits per heavy atom. The Bertz CT molecular complexity index is 418. The standard InChI is InChI=1S/C15H20NO2.H2N.Y/c1-15(2,3)18-14(17)16-11-7-10-13(16)12-8-5-4-6-9-12;;/h5-6,8-9,13H,7,10-11H2,1-3H3;1H2;/q2*-1;. The summed E-state index contributed by atoms with van der Waals surface area (Å²) in [5, 5.41) is 0. The third kappa shape index (κ3) is 5.15. The van der Waals surface area contributed by atoms with E-state index in [1.807, 2.05) is 49.9 Å². The van der Waals surface area contributed by atoms with Gasteiger partial charge in [0.25, 0.3) is 0 Å². The molecule has 1 saturated heterocycles. The first-order chi connectivity index (χ1) is 8.47. The average molecular weight is 351 g/mol. The van der Waals surface area contributed by atoms with Gasteiger partial charge < -0.3 is 15.8 Å². The first-order valence-corrected chi connectivity index (χ1v) is 6.43. The van der Waals surface area contributed by atoms with Gasteiger partial charge in [-0.05, 0) is 33.6 Å². The van der Waals surface area contributed by atoms with E-state index in [9.17, 15) is 4.79 Å². The van der Waals surface area contributed by atoms with Crippen LogP contribution in [0, 0.1) is 6.07 Å². The van der Waals surface area contributed by atoms with Crippen molar-refractivity contribution in [1.82, 2.24) is 4.90 Å². The summed E-state index contributed by atoms with van der Waals surface area (Å²) >= 11 is 0. The van der Waals surface area contributed by atoms with Crippen LogP contribution >= 0.6 is 0 Å². The third-order valence-electron chi connectivity index (χ3n) is 3.01. The molecule has 109 valence electrons. The monoisotopic (exact) mass is 351 g/mol. The van der Waals surface area contributed by atoms with E-state index in [0.717, 1.165) is 24.9 Å². The van der Waals surface area contributed by atoms with Crippen molar-refractivity contribution >= 4 is 6.09 Å². The second-order valence-electron chi connectivity index (χ2n) is 5.67. The largest absolute Gasteiger partial charge is 0.693 e. The molecule has 1 aliphatic rings. The molecule has 1 aromatic rings. The van der Waals surface area contributed by atoms with Crippen LogP contribution in [-0.2, 0) is 37.4 Å². The molecule has 1 fully saturated rings. The number of nitrogens with zero attached hydrogens (tertiary/aromatic N) is 1. The fraction of sp³-hybridized carbons (Fsp3) is 0.533. The molecule has 1 radical (unpaired) electrons. The van der Waals surface area contributed by atoms with Crippen molar-refractivity contribution in [2.75, 3.05) is 6.54 Å². The second-order valence-corrected chi connectivity index (χ2v) is 5.67. The maximum Gasteiger partial charge on any atom is 0.410 e. The van der Waals surface area contributed by atoms with Gasteiger partial charge in [0.05, 0.1) is 0 Å². The predicted octanol–water partition coefficient (Wildman–Crippen LogP) is 4.27. The number of likely N-dealkylation sites (tertiary alicyclic amines) is 1. The quantitative estimate of drug-likeness (QED) is 0.709. The van der Waals surface area contributed by atoms with Gasteiger partial charge in [0, 0.05) is 45.3 Å². The smallest absolute Gasteiger partial charge is 0.410 e. The molecule has 1 amide bonds. The van der Waals surface area contributed by atoms with E-state index >= 15 is 0 Å². The molecule has 1 atom stereocenters. The fourth-order valence-electron chi connectivity index (χ4n) is 2.27. The zero-order valence-electron chi connectivity index (χ0n) is 12.4. The molecular weight excluding hydrogens is 329 g/mol. The number of benzene rings is 1. The fourth-order valence-corrected chi connectivity index (χ4v) is 2.27. The summed E-state index contributed by atoms with van der Waals surface area (Å²) in [6.07, 6.45) is 1.82.